The normalized spacial score (nSPS) is 13.3. The van der Waals surface area contributed by atoms with E-state index in [0.29, 0.717) is 52.7 Å². The van der Waals surface area contributed by atoms with Gasteiger partial charge in [0.1, 0.15) is 17.2 Å². The van der Waals surface area contributed by atoms with Crippen LogP contribution in [0.4, 0.5) is 5.69 Å². The molecule has 0 bridgehead atoms. The number of sulfonamides is 1. The first-order valence-corrected chi connectivity index (χ1v) is 16.8. The number of nitrogens with zero attached hydrogens (tertiary/aromatic N) is 4. The third kappa shape index (κ3) is 7.43. The first kappa shape index (κ1) is 32.8. The van der Waals surface area contributed by atoms with Gasteiger partial charge >= 0.3 is 0 Å². The number of carbonyl (C=O) groups is 2. The van der Waals surface area contributed by atoms with Crippen LogP contribution in [0.15, 0.2) is 76.8 Å². The molecule has 0 saturated carbocycles. The summed E-state index contributed by atoms with van der Waals surface area (Å²) in [5, 5.41) is 14.7. The number of thioether (sulfide) groups is 1. The van der Waals surface area contributed by atoms with E-state index in [0.717, 1.165) is 24.6 Å². The Hall–Kier alpha value is -4.60. The highest BCUT2D eigenvalue weighted by Gasteiger charge is 2.27. The van der Waals surface area contributed by atoms with Gasteiger partial charge in [0.15, 0.2) is 11.0 Å². The molecule has 1 aromatic heterocycles. The number of carbonyl (C=O) groups excluding carboxylic acids is 2. The fraction of sp³-hybridized carbons (Fsp3) is 0.290. The molecule has 5 rings (SSSR count). The molecule has 242 valence electrons. The number of anilines is 1. The van der Waals surface area contributed by atoms with E-state index in [-0.39, 0.29) is 28.7 Å². The maximum atomic E-state index is 13.1. The summed E-state index contributed by atoms with van der Waals surface area (Å²) in [5.74, 6) is 1.43. The monoisotopic (exact) mass is 666 g/mol. The lowest BCUT2D eigenvalue weighted by atomic mass is 10.2. The number of methoxy groups -OCH3 is 3. The first-order valence-electron chi connectivity index (χ1n) is 14.4. The number of rotatable bonds is 13. The van der Waals surface area contributed by atoms with Gasteiger partial charge in [-0.2, -0.15) is 4.31 Å². The molecule has 0 unspecified atom stereocenters. The van der Waals surface area contributed by atoms with Gasteiger partial charge in [0.05, 0.1) is 44.2 Å². The fourth-order valence-corrected chi connectivity index (χ4v) is 7.12. The summed E-state index contributed by atoms with van der Waals surface area (Å²) in [7, 11) is 1.04. The van der Waals surface area contributed by atoms with E-state index >= 15 is 0 Å². The van der Waals surface area contributed by atoms with E-state index < -0.39 is 15.9 Å². The highest BCUT2D eigenvalue weighted by atomic mass is 32.2. The zero-order chi connectivity index (χ0) is 32.7. The highest BCUT2D eigenvalue weighted by molar-refractivity contribution is 7.99. The number of nitrogens with one attached hydrogen (secondary N) is 2. The molecule has 1 saturated heterocycles. The minimum Gasteiger partial charge on any atom is -0.497 e. The highest BCUT2D eigenvalue weighted by Crippen LogP contribution is 2.32. The Labute approximate surface area is 271 Å². The van der Waals surface area contributed by atoms with Gasteiger partial charge in [-0.3, -0.25) is 14.2 Å². The molecule has 2 heterocycles. The van der Waals surface area contributed by atoms with E-state index in [1.165, 1.54) is 35.7 Å². The molecule has 13 nitrogen and oxygen atoms in total. The van der Waals surface area contributed by atoms with Gasteiger partial charge in [-0.25, -0.2) is 8.42 Å². The summed E-state index contributed by atoms with van der Waals surface area (Å²) in [6.07, 6.45) is 1.67. The van der Waals surface area contributed by atoms with Crippen molar-refractivity contribution in [3.63, 3.8) is 0 Å². The van der Waals surface area contributed by atoms with Crippen LogP contribution in [0, 0.1) is 0 Å². The lowest BCUT2D eigenvalue weighted by molar-refractivity contribution is -0.113. The van der Waals surface area contributed by atoms with Crippen LogP contribution in [-0.4, -0.2) is 79.5 Å². The average Bonchev–Trinajstić information content (AvgIpc) is 3.78. The summed E-state index contributed by atoms with van der Waals surface area (Å²) < 4.78 is 45.1. The summed E-state index contributed by atoms with van der Waals surface area (Å²) in [6, 6.07) is 18.1. The Balaban J connectivity index is 1.34. The van der Waals surface area contributed by atoms with Crippen molar-refractivity contribution in [3.8, 4) is 22.9 Å². The molecule has 1 aliphatic rings. The van der Waals surface area contributed by atoms with Gasteiger partial charge in [0.2, 0.25) is 15.9 Å². The number of amides is 2. The minimum absolute atomic E-state index is 0.0233. The molecule has 0 aliphatic carbocycles. The Kier molecular flexibility index (Phi) is 10.4. The lowest BCUT2D eigenvalue weighted by Crippen LogP contribution is -2.28. The summed E-state index contributed by atoms with van der Waals surface area (Å²) in [6.45, 7) is 0.965. The Morgan fingerprint density at radius 3 is 2.20 bits per heavy atom. The lowest BCUT2D eigenvalue weighted by Gasteiger charge is -2.16. The topological polar surface area (TPSA) is 154 Å². The Bertz CT molecular complexity index is 1790. The first-order chi connectivity index (χ1) is 22.2. The molecule has 3 aromatic carbocycles. The van der Waals surface area contributed by atoms with Crippen molar-refractivity contribution in [2.45, 2.75) is 29.4 Å². The van der Waals surface area contributed by atoms with Crippen LogP contribution >= 0.6 is 11.8 Å². The molecular formula is C31H34N6O7S2. The van der Waals surface area contributed by atoms with Crippen molar-refractivity contribution < 1.29 is 32.2 Å². The van der Waals surface area contributed by atoms with E-state index in [4.69, 9.17) is 14.2 Å². The van der Waals surface area contributed by atoms with Gasteiger partial charge in [-0.05, 0) is 73.5 Å². The predicted octanol–water partition coefficient (Wildman–Crippen LogP) is 3.74. The third-order valence-corrected chi connectivity index (χ3v) is 10.1. The average molecular weight is 667 g/mol. The van der Waals surface area contributed by atoms with Gasteiger partial charge in [-0.15, -0.1) is 10.2 Å². The van der Waals surface area contributed by atoms with Crippen LogP contribution in [0.25, 0.3) is 5.69 Å². The molecule has 4 aromatic rings. The summed E-state index contributed by atoms with van der Waals surface area (Å²) in [4.78, 5) is 26.0. The van der Waals surface area contributed by atoms with Crippen molar-refractivity contribution in [1.82, 2.24) is 24.4 Å². The number of hydrogen-bond donors (Lipinski definition) is 2. The van der Waals surface area contributed by atoms with Crippen molar-refractivity contribution in [2.24, 2.45) is 0 Å². The third-order valence-electron chi connectivity index (χ3n) is 7.26. The minimum atomic E-state index is -3.59. The van der Waals surface area contributed by atoms with Crippen LogP contribution in [0.1, 0.15) is 29.0 Å². The fourth-order valence-electron chi connectivity index (χ4n) is 4.84. The molecular weight excluding hydrogens is 633 g/mol. The molecule has 2 amide bonds. The number of hydrogen-bond acceptors (Lipinski definition) is 10. The van der Waals surface area contributed by atoms with Gasteiger partial charge in [0.25, 0.3) is 5.91 Å². The maximum Gasteiger partial charge on any atom is 0.251 e. The van der Waals surface area contributed by atoms with Crippen molar-refractivity contribution in [3.05, 3.63) is 78.1 Å². The zero-order valence-electron chi connectivity index (χ0n) is 25.6. The van der Waals surface area contributed by atoms with Gasteiger partial charge < -0.3 is 24.8 Å². The molecule has 2 N–H and O–H groups in total. The molecule has 0 atom stereocenters. The SMILES string of the molecule is COc1ccc(NC(=O)CSc2nnc(CNC(=O)c3ccc(S(=O)(=O)N4CCCC4)cc3)n2-c2cc(OC)ccc2OC)cc1. The van der Waals surface area contributed by atoms with Gasteiger partial charge in [0, 0.05) is 30.4 Å². The van der Waals surface area contributed by atoms with Crippen LogP contribution in [0.3, 0.4) is 0 Å². The second kappa shape index (κ2) is 14.7. The van der Waals surface area contributed by atoms with E-state index in [1.54, 1.807) is 61.3 Å². The number of ether oxygens (including phenoxy) is 3. The van der Waals surface area contributed by atoms with Crippen LogP contribution in [0.5, 0.6) is 17.2 Å². The standard InChI is InChI=1S/C31H34N6O7S2/c1-42-23-10-8-22(9-11-23)33-29(38)20-45-31-35-34-28(37(31)26-18-24(43-2)12-15-27(26)44-3)19-32-30(39)21-6-13-25(14-7-21)46(40,41)36-16-4-5-17-36/h6-15,18H,4-5,16-17,19-20H2,1-3H3,(H,32,39)(H,33,38). The molecule has 0 spiro atoms. The molecule has 1 aliphatic heterocycles. The quantitative estimate of drug-likeness (QED) is 0.202. The van der Waals surface area contributed by atoms with Crippen LogP contribution < -0.4 is 24.8 Å². The van der Waals surface area contributed by atoms with Crippen molar-refractivity contribution in [2.75, 3.05) is 45.5 Å². The largest absolute Gasteiger partial charge is 0.497 e. The van der Waals surface area contributed by atoms with Crippen molar-refractivity contribution >= 4 is 39.3 Å². The second-order valence-corrected chi connectivity index (χ2v) is 13.0. The Morgan fingerprint density at radius 2 is 1.54 bits per heavy atom. The van der Waals surface area contributed by atoms with E-state index in [2.05, 4.69) is 20.8 Å². The number of benzene rings is 3. The summed E-state index contributed by atoms with van der Waals surface area (Å²) >= 11 is 1.16. The Morgan fingerprint density at radius 1 is 0.870 bits per heavy atom. The zero-order valence-corrected chi connectivity index (χ0v) is 27.2. The molecule has 0 radical (unpaired) electrons. The summed E-state index contributed by atoms with van der Waals surface area (Å²) in [5.41, 5.74) is 1.45. The van der Waals surface area contributed by atoms with E-state index in [9.17, 15) is 18.0 Å². The van der Waals surface area contributed by atoms with E-state index in [1.807, 2.05) is 0 Å². The van der Waals surface area contributed by atoms with Crippen LogP contribution in [0.2, 0.25) is 0 Å². The van der Waals surface area contributed by atoms with Gasteiger partial charge in [-0.1, -0.05) is 11.8 Å². The number of aromatic nitrogens is 3. The van der Waals surface area contributed by atoms with Crippen molar-refractivity contribution in [1.29, 1.82) is 0 Å². The molecule has 15 heteroatoms. The molecule has 1 fully saturated rings. The smallest absolute Gasteiger partial charge is 0.251 e. The maximum absolute atomic E-state index is 13.1. The predicted molar refractivity (Wildman–Crippen MR) is 172 cm³/mol. The second-order valence-electron chi connectivity index (χ2n) is 10.2. The van der Waals surface area contributed by atoms with Crippen LogP contribution in [-0.2, 0) is 21.4 Å². The molecule has 46 heavy (non-hydrogen) atoms.